The van der Waals surface area contributed by atoms with E-state index in [1.807, 2.05) is 0 Å². The molecule has 2 rings (SSSR count). The lowest BCUT2D eigenvalue weighted by Gasteiger charge is -2.07. The minimum atomic E-state index is -0.213. The lowest BCUT2D eigenvalue weighted by molar-refractivity contribution is 0.379. The summed E-state index contributed by atoms with van der Waals surface area (Å²) in [5.41, 5.74) is 6.65. The molecule has 2 aromatic rings. The second-order valence-electron chi connectivity index (χ2n) is 3.79. The van der Waals surface area contributed by atoms with E-state index in [1.165, 1.54) is 23.9 Å². The fourth-order valence-electron chi connectivity index (χ4n) is 1.53. The molecule has 0 aliphatic carbocycles. The van der Waals surface area contributed by atoms with Crippen molar-refractivity contribution < 1.29 is 4.74 Å². The summed E-state index contributed by atoms with van der Waals surface area (Å²) in [5, 5.41) is 4.06. The summed E-state index contributed by atoms with van der Waals surface area (Å²) in [6.45, 7) is 0.300. The molecule has 0 aromatic carbocycles. The molecule has 2 aromatic heterocycles. The molecule has 0 saturated heterocycles. The van der Waals surface area contributed by atoms with Crippen LogP contribution in [-0.4, -0.2) is 26.9 Å². The summed E-state index contributed by atoms with van der Waals surface area (Å²) in [6, 6.07) is 6.43. The summed E-state index contributed by atoms with van der Waals surface area (Å²) in [6.07, 6.45) is 1.59. The molecular formula is C12H12N4O2S. The minimum Gasteiger partial charge on any atom is -0.480 e. The zero-order chi connectivity index (χ0) is 13.8. The smallest absolute Gasteiger partial charge is 0.267 e. The minimum absolute atomic E-state index is 0.213. The van der Waals surface area contributed by atoms with Crippen molar-refractivity contribution in [2.24, 2.45) is 5.73 Å². The third-order valence-corrected chi connectivity index (χ3v) is 2.67. The molecule has 0 fully saturated rings. The van der Waals surface area contributed by atoms with Gasteiger partial charge in [0.2, 0.25) is 5.88 Å². The summed E-state index contributed by atoms with van der Waals surface area (Å²) in [4.78, 5) is 15.9. The number of rotatable bonds is 4. The van der Waals surface area contributed by atoms with Crippen LogP contribution in [0.1, 0.15) is 11.3 Å². The zero-order valence-electron chi connectivity index (χ0n) is 10.2. The highest BCUT2D eigenvalue weighted by atomic mass is 32.1. The van der Waals surface area contributed by atoms with Gasteiger partial charge >= 0.3 is 0 Å². The SMILES string of the molecule is COc1ccc(=O)n(Cc2ccnc(C(N)=S)c2)n1. The van der Waals surface area contributed by atoms with Crippen LogP contribution in [0.15, 0.2) is 35.3 Å². The lowest BCUT2D eigenvalue weighted by atomic mass is 10.2. The van der Waals surface area contributed by atoms with Crippen molar-refractivity contribution in [1.29, 1.82) is 0 Å². The fourth-order valence-corrected chi connectivity index (χ4v) is 1.64. The third-order valence-electron chi connectivity index (χ3n) is 2.46. The Morgan fingerprint density at radius 3 is 2.95 bits per heavy atom. The largest absolute Gasteiger partial charge is 0.480 e. The Bertz CT molecular complexity index is 669. The van der Waals surface area contributed by atoms with Crippen LogP contribution in [0.2, 0.25) is 0 Å². The Kier molecular flexibility index (Phi) is 3.86. The maximum Gasteiger partial charge on any atom is 0.267 e. The topological polar surface area (TPSA) is 83.0 Å². The monoisotopic (exact) mass is 276 g/mol. The molecule has 0 unspecified atom stereocenters. The van der Waals surface area contributed by atoms with Gasteiger partial charge in [0.05, 0.1) is 19.3 Å². The molecule has 2 N–H and O–H groups in total. The van der Waals surface area contributed by atoms with E-state index in [9.17, 15) is 4.79 Å². The van der Waals surface area contributed by atoms with Gasteiger partial charge < -0.3 is 10.5 Å². The Balaban J connectivity index is 2.33. The average molecular weight is 276 g/mol. The third kappa shape index (κ3) is 3.14. The number of nitrogens with two attached hydrogens (primary N) is 1. The first kappa shape index (κ1) is 13.2. The Hall–Kier alpha value is -2.28. The summed E-state index contributed by atoms with van der Waals surface area (Å²) in [5.74, 6) is 0.378. The van der Waals surface area contributed by atoms with Crippen LogP contribution in [0.4, 0.5) is 0 Å². The summed E-state index contributed by atoms with van der Waals surface area (Å²) >= 11 is 4.86. The molecule has 0 aliphatic heterocycles. The van der Waals surface area contributed by atoms with Gasteiger partial charge in [-0.3, -0.25) is 9.78 Å². The lowest BCUT2D eigenvalue weighted by Crippen LogP contribution is -2.23. The van der Waals surface area contributed by atoms with Crippen LogP contribution >= 0.6 is 12.2 Å². The van der Waals surface area contributed by atoms with Crippen molar-refractivity contribution in [3.8, 4) is 5.88 Å². The average Bonchev–Trinajstić information content (AvgIpc) is 2.41. The first-order valence-electron chi connectivity index (χ1n) is 5.47. The molecule has 0 amide bonds. The van der Waals surface area contributed by atoms with Gasteiger partial charge in [-0.05, 0) is 17.7 Å². The van der Waals surface area contributed by atoms with Gasteiger partial charge in [-0.2, -0.15) is 0 Å². The number of hydrogen-bond acceptors (Lipinski definition) is 5. The summed E-state index contributed by atoms with van der Waals surface area (Å²) in [7, 11) is 1.49. The van der Waals surface area contributed by atoms with E-state index in [0.717, 1.165) is 5.56 Å². The number of ether oxygens (including phenoxy) is 1. The molecule has 7 heteroatoms. The van der Waals surface area contributed by atoms with Crippen molar-refractivity contribution in [3.63, 3.8) is 0 Å². The van der Waals surface area contributed by atoms with Gasteiger partial charge in [0.1, 0.15) is 4.99 Å². The molecule has 98 valence electrons. The van der Waals surface area contributed by atoms with Crippen molar-refractivity contribution in [2.45, 2.75) is 6.54 Å². The Labute approximate surface area is 114 Å². The molecule has 0 aliphatic rings. The highest BCUT2D eigenvalue weighted by Gasteiger charge is 2.04. The van der Waals surface area contributed by atoms with Crippen LogP contribution in [0.3, 0.4) is 0 Å². The van der Waals surface area contributed by atoms with Crippen molar-refractivity contribution in [1.82, 2.24) is 14.8 Å². The standard InChI is InChI=1S/C12H12N4O2S/c1-18-10-2-3-11(17)16(15-10)7-8-4-5-14-9(6-8)12(13)19/h2-6H,7H2,1H3,(H2,13,19). The predicted molar refractivity (Wildman–Crippen MR) is 74.3 cm³/mol. The number of methoxy groups -OCH3 is 1. The number of hydrogen-bond donors (Lipinski definition) is 1. The summed E-state index contributed by atoms with van der Waals surface area (Å²) < 4.78 is 6.29. The van der Waals surface area contributed by atoms with Gasteiger partial charge in [-0.1, -0.05) is 12.2 Å². The second kappa shape index (κ2) is 5.57. The quantitative estimate of drug-likeness (QED) is 0.810. The van der Waals surface area contributed by atoms with Crippen LogP contribution < -0.4 is 16.0 Å². The van der Waals surface area contributed by atoms with Crippen LogP contribution in [0, 0.1) is 0 Å². The van der Waals surface area contributed by atoms with Crippen LogP contribution in [0.5, 0.6) is 5.88 Å². The van der Waals surface area contributed by atoms with Crippen molar-refractivity contribution in [2.75, 3.05) is 7.11 Å². The van der Waals surface area contributed by atoms with Crippen LogP contribution in [0.25, 0.3) is 0 Å². The highest BCUT2D eigenvalue weighted by molar-refractivity contribution is 7.80. The van der Waals surface area contributed by atoms with E-state index >= 15 is 0 Å². The van der Waals surface area contributed by atoms with Gasteiger partial charge in [-0.25, -0.2) is 4.68 Å². The molecule has 2 heterocycles. The Morgan fingerprint density at radius 2 is 2.26 bits per heavy atom. The number of thiocarbonyl (C=S) groups is 1. The highest BCUT2D eigenvalue weighted by Crippen LogP contribution is 2.05. The van der Waals surface area contributed by atoms with E-state index in [-0.39, 0.29) is 10.5 Å². The first-order valence-corrected chi connectivity index (χ1v) is 5.88. The van der Waals surface area contributed by atoms with E-state index in [0.29, 0.717) is 18.1 Å². The molecule has 0 radical (unpaired) electrons. The van der Waals surface area contributed by atoms with E-state index in [4.69, 9.17) is 22.7 Å². The molecule has 0 spiro atoms. The van der Waals surface area contributed by atoms with E-state index < -0.39 is 0 Å². The molecule has 0 saturated carbocycles. The molecule has 0 atom stereocenters. The predicted octanol–water partition coefficient (Wildman–Crippen LogP) is 0.329. The second-order valence-corrected chi connectivity index (χ2v) is 4.22. The zero-order valence-corrected chi connectivity index (χ0v) is 11.1. The molecular weight excluding hydrogens is 264 g/mol. The fraction of sp³-hybridized carbons (Fsp3) is 0.167. The van der Waals surface area contributed by atoms with Gasteiger partial charge in [0.25, 0.3) is 5.56 Å². The van der Waals surface area contributed by atoms with Gasteiger partial charge in [0, 0.05) is 18.3 Å². The number of pyridine rings is 1. The molecule has 6 nitrogen and oxygen atoms in total. The van der Waals surface area contributed by atoms with E-state index in [2.05, 4.69) is 10.1 Å². The maximum absolute atomic E-state index is 11.7. The van der Waals surface area contributed by atoms with Gasteiger partial charge in [-0.15, -0.1) is 5.10 Å². The number of aromatic nitrogens is 3. The normalized spacial score (nSPS) is 10.2. The first-order chi connectivity index (χ1) is 9.10. The molecule has 0 bridgehead atoms. The van der Waals surface area contributed by atoms with Crippen molar-refractivity contribution in [3.05, 3.63) is 52.1 Å². The van der Waals surface area contributed by atoms with Gasteiger partial charge in [0.15, 0.2) is 0 Å². The maximum atomic E-state index is 11.7. The Morgan fingerprint density at radius 1 is 1.47 bits per heavy atom. The van der Waals surface area contributed by atoms with Crippen LogP contribution in [-0.2, 0) is 6.54 Å². The van der Waals surface area contributed by atoms with E-state index in [1.54, 1.807) is 18.3 Å². The number of nitrogens with zero attached hydrogens (tertiary/aromatic N) is 3. The van der Waals surface area contributed by atoms with Crippen molar-refractivity contribution >= 4 is 17.2 Å². The molecule has 19 heavy (non-hydrogen) atoms.